The van der Waals surface area contributed by atoms with Crippen molar-refractivity contribution >= 4 is 6.09 Å². The third-order valence-corrected chi connectivity index (χ3v) is 2.59. The number of nitrogens with zero attached hydrogens (tertiary/aromatic N) is 1. The molecule has 3 nitrogen and oxygen atoms in total. The molecule has 1 aromatic carbocycles. The summed E-state index contributed by atoms with van der Waals surface area (Å²) in [7, 11) is 1.74. The van der Waals surface area contributed by atoms with Crippen LogP contribution in [0.5, 0.6) is 0 Å². The second kappa shape index (κ2) is 3.77. The van der Waals surface area contributed by atoms with Crippen LogP contribution in [0.25, 0.3) is 0 Å². The van der Waals surface area contributed by atoms with Crippen LogP contribution in [0.2, 0.25) is 0 Å². The van der Waals surface area contributed by atoms with Crippen molar-refractivity contribution < 1.29 is 9.53 Å². The molecule has 2 rings (SSSR count). The third-order valence-electron chi connectivity index (χ3n) is 2.59. The second-order valence-corrected chi connectivity index (χ2v) is 3.65. The molecule has 0 spiro atoms. The summed E-state index contributed by atoms with van der Waals surface area (Å²) in [5, 5.41) is 0. The standard InChI is InChI=1S/C12H13NO2/c1-9-8-11(13(2)12(14)15-9)10-6-4-3-5-7-10/h3-7,11H,1,8H2,2H3. The zero-order valence-electron chi connectivity index (χ0n) is 8.64. The summed E-state index contributed by atoms with van der Waals surface area (Å²) < 4.78 is 4.94. The summed E-state index contributed by atoms with van der Waals surface area (Å²) in [5.74, 6) is 0.534. The molecule has 1 aliphatic heterocycles. The van der Waals surface area contributed by atoms with Gasteiger partial charge in [0.25, 0.3) is 0 Å². The summed E-state index contributed by atoms with van der Waals surface area (Å²) in [4.78, 5) is 13.0. The Kier molecular flexibility index (Phi) is 2.46. The maximum Gasteiger partial charge on any atom is 0.415 e. The van der Waals surface area contributed by atoms with Gasteiger partial charge in [-0.25, -0.2) is 4.79 Å². The molecule has 0 aromatic heterocycles. The fourth-order valence-corrected chi connectivity index (χ4v) is 1.73. The van der Waals surface area contributed by atoms with Crippen molar-refractivity contribution in [2.24, 2.45) is 0 Å². The number of cyclic esters (lactones) is 1. The molecule has 1 aliphatic rings. The zero-order valence-corrected chi connectivity index (χ0v) is 8.64. The van der Waals surface area contributed by atoms with Crippen molar-refractivity contribution in [1.82, 2.24) is 4.90 Å². The highest BCUT2D eigenvalue weighted by molar-refractivity contribution is 5.70. The lowest BCUT2D eigenvalue weighted by Gasteiger charge is -2.32. The highest BCUT2D eigenvalue weighted by atomic mass is 16.6. The molecule has 1 atom stereocenters. The Hall–Kier alpha value is -1.77. The molecule has 1 fully saturated rings. The Bertz CT molecular complexity index is 386. The largest absolute Gasteiger partial charge is 0.415 e. The number of amides is 1. The van der Waals surface area contributed by atoms with Gasteiger partial charge in [0.15, 0.2) is 0 Å². The maximum atomic E-state index is 11.4. The van der Waals surface area contributed by atoms with Crippen molar-refractivity contribution in [3.05, 3.63) is 48.2 Å². The summed E-state index contributed by atoms with van der Waals surface area (Å²) >= 11 is 0. The average Bonchev–Trinajstić information content (AvgIpc) is 2.24. The van der Waals surface area contributed by atoms with Crippen LogP contribution in [0.4, 0.5) is 4.79 Å². The van der Waals surface area contributed by atoms with Gasteiger partial charge in [-0.05, 0) is 5.56 Å². The normalized spacial score (nSPS) is 21.4. The lowest BCUT2D eigenvalue weighted by molar-refractivity contribution is 0.0902. The first-order valence-corrected chi connectivity index (χ1v) is 4.86. The summed E-state index contributed by atoms with van der Waals surface area (Å²) in [6.07, 6.45) is 0.326. The number of hydrogen-bond donors (Lipinski definition) is 0. The number of carbonyl (C=O) groups excluding carboxylic acids is 1. The van der Waals surface area contributed by atoms with Crippen LogP contribution < -0.4 is 0 Å². The lowest BCUT2D eigenvalue weighted by Crippen LogP contribution is -2.36. The smallest absolute Gasteiger partial charge is 0.415 e. The van der Waals surface area contributed by atoms with Crippen molar-refractivity contribution in [2.75, 3.05) is 7.05 Å². The van der Waals surface area contributed by atoms with E-state index in [2.05, 4.69) is 6.58 Å². The van der Waals surface area contributed by atoms with Crippen LogP contribution in [0.3, 0.4) is 0 Å². The lowest BCUT2D eigenvalue weighted by atomic mass is 10.0. The molecular formula is C12H13NO2. The van der Waals surface area contributed by atoms with E-state index < -0.39 is 0 Å². The van der Waals surface area contributed by atoms with Crippen LogP contribution in [-0.4, -0.2) is 18.0 Å². The van der Waals surface area contributed by atoms with E-state index in [1.807, 2.05) is 30.3 Å². The Morgan fingerprint density at radius 3 is 2.73 bits per heavy atom. The van der Waals surface area contributed by atoms with E-state index in [1.165, 1.54) is 0 Å². The Balaban J connectivity index is 2.28. The van der Waals surface area contributed by atoms with Gasteiger partial charge >= 0.3 is 6.09 Å². The van der Waals surface area contributed by atoms with Crippen LogP contribution in [0.1, 0.15) is 18.0 Å². The first-order chi connectivity index (χ1) is 7.18. The van der Waals surface area contributed by atoms with Crippen molar-refractivity contribution in [3.63, 3.8) is 0 Å². The van der Waals surface area contributed by atoms with E-state index >= 15 is 0 Å². The van der Waals surface area contributed by atoms with E-state index in [1.54, 1.807) is 11.9 Å². The minimum atomic E-state index is -0.333. The molecule has 1 unspecified atom stereocenters. The summed E-state index contributed by atoms with van der Waals surface area (Å²) in [6, 6.07) is 9.94. The van der Waals surface area contributed by atoms with Crippen molar-refractivity contribution in [2.45, 2.75) is 12.5 Å². The first kappa shape index (κ1) is 9.77. The molecule has 1 amide bonds. The average molecular weight is 203 g/mol. The fourth-order valence-electron chi connectivity index (χ4n) is 1.73. The molecule has 1 heterocycles. The van der Waals surface area contributed by atoms with Gasteiger partial charge in [-0.1, -0.05) is 36.9 Å². The van der Waals surface area contributed by atoms with Crippen molar-refractivity contribution in [3.8, 4) is 0 Å². The fraction of sp³-hybridized carbons (Fsp3) is 0.250. The third kappa shape index (κ3) is 1.86. The van der Waals surface area contributed by atoms with E-state index in [-0.39, 0.29) is 12.1 Å². The van der Waals surface area contributed by atoms with E-state index in [4.69, 9.17) is 4.74 Å². The van der Waals surface area contributed by atoms with Crippen LogP contribution in [0.15, 0.2) is 42.7 Å². The topological polar surface area (TPSA) is 29.5 Å². The van der Waals surface area contributed by atoms with E-state index in [9.17, 15) is 4.79 Å². The second-order valence-electron chi connectivity index (χ2n) is 3.65. The maximum absolute atomic E-state index is 11.4. The van der Waals surface area contributed by atoms with Gasteiger partial charge in [-0.3, -0.25) is 0 Å². The van der Waals surface area contributed by atoms with E-state index in [0.29, 0.717) is 12.2 Å². The first-order valence-electron chi connectivity index (χ1n) is 4.86. The van der Waals surface area contributed by atoms with Gasteiger partial charge in [0.05, 0.1) is 6.04 Å². The Morgan fingerprint density at radius 1 is 1.40 bits per heavy atom. The summed E-state index contributed by atoms with van der Waals surface area (Å²) in [5.41, 5.74) is 1.11. The minimum absolute atomic E-state index is 0.0416. The molecule has 0 radical (unpaired) electrons. The van der Waals surface area contributed by atoms with Crippen LogP contribution in [-0.2, 0) is 4.74 Å². The molecule has 3 heteroatoms. The SMILES string of the molecule is C=C1CC(c2ccccc2)N(C)C(=O)O1. The molecule has 0 saturated carbocycles. The highest BCUT2D eigenvalue weighted by Gasteiger charge is 2.29. The molecule has 0 bridgehead atoms. The monoisotopic (exact) mass is 203 g/mol. The Morgan fingerprint density at radius 2 is 2.07 bits per heavy atom. The number of benzene rings is 1. The number of carbonyl (C=O) groups is 1. The van der Waals surface area contributed by atoms with Gasteiger partial charge in [0.2, 0.25) is 0 Å². The minimum Gasteiger partial charge on any atom is -0.415 e. The zero-order chi connectivity index (χ0) is 10.8. The molecule has 15 heavy (non-hydrogen) atoms. The molecule has 1 aromatic rings. The van der Waals surface area contributed by atoms with Crippen molar-refractivity contribution in [1.29, 1.82) is 0 Å². The van der Waals surface area contributed by atoms with Gasteiger partial charge < -0.3 is 9.64 Å². The van der Waals surface area contributed by atoms with Gasteiger partial charge in [0, 0.05) is 13.5 Å². The Labute approximate surface area is 89.0 Å². The van der Waals surface area contributed by atoms with Crippen LogP contribution >= 0.6 is 0 Å². The number of hydrogen-bond acceptors (Lipinski definition) is 2. The molecule has 1 saturated heterocycles. The molecule has 0 N–H and O–H groups in total. The predicted molar refractivity (Wildman–Crippen MR) is 57.2 cm³/mol. The molecule has 78 valence electrons. The molecule has 0 aliphatic carbocycles. The van der Waals surface area contributed by atoms with Crippen LogP contribution in [0, 0.1) is 0 Å². The quantitative estimate of drug-likeness (QED) is 0.702. The van der Waals surface area contributed by atoms with Gasteiger partial charge in [-0.2, -0.15) is 0 Å². The number of ether oxygens (including phenoxy) is 1. The van der Waals surface area contributed by atoms with Gasteiger partial charge in [0.1, 0.15) is 5.76 Å². The van der Waals surface area contributed by atoms with E-state index in [0.717, 1.165) is 5.56 Å². The predicted octanol–water partition coefficient (Wildman–Crippen LogP) is 2.71. The molecular weight excluding hydrogens is 190 g/mol. The van der Waals surface area contributed by atoms with Gasteiger partial charge in [-0.15, -0.1) is 0 Å². The summed E-state index contributed by atoms with van der Waals surface area (Å²) in [6.45, 7) is 3.71. The number of rotatable bonds is 1. The highest BCUT2D eigenvalue weighted by Crippen LogP contribution is 2.31.